The third kappa shape index (κ3) is 3.59. The summed E-state index contributed by atoms with van der Waals surface area (Å²) in [6.07, 6.45) is 3.31. The monoisotopic (exact) mass is 492 g/mol. The minimum atomic E-state index is -3.68. The van der Waals surface area contributed by atoms with Gasteiger partial charge in [0.05, 0.1) is 23.7 Å². The van der Waals surface area contributed by atoms with Gasteiger partial charge in [0.2, 0.25) is 20.0 Å². The molecule has 6 atom stereocenters. The van der Waals surface area contributed by atoms with E-state index >= 15 is 0 Å². The first kappa shape index (κ1) is 24.9. The SMILES string of the molecule is CC1(C)[C@@H]2CC[C@@]1(CS(=O)(=O)NCCNS(=O)(=O)C[C@]13CC[C@H](C[C@H]1O)C3(C)C)[C@H](O)C2. The quantitative estimate of drug-likeness (QED) is 0.358. The molecule has 4 N–H and O–H groups in total. The molecule has 4 saturated carbocycles. The van der Waals surface area contributed by atoms with E-state index < -0.39 is 43.1 Å². The summed E-state index contributed by atoms with van der Waals surface area (Å²) >= 11 is 0. The van der Waals surface area contributed by atoms with E-state index in [4.69, 9.17) is 0 Å². The molecule has 0 aliphatic heterocycles. The number of rotatable bonds is 9. The average molecular weight is 493 g/mol. The number of aliphatic hydroxyl groups excluding tert-OH is 2. The van der Waals surface area contributed by atoms with Crippen molar-refractivity contribution in [1.82, 2.24) is 9.44 Å². The molecular weight excluding hydrogens is 452 g/mol. The highest BCUT2D eigenvalue weighted by Gasteiger charge is 2.66. The highest BCUT2D eigenvalue weighted by atomic mass is 32.2. The molecule has 8 nitrogen and oxygen atoms in total. The zero-order chi connectivity index (χ0) is 23.8. The fourth-order valence-electron chi connectivity index (χ4n) is 7.95. The second kappa shape index (κ2) is 7.62. The number of hydrogen-bond donors (Lipinski definition) is 4. The topological polar surface area (TPSA) is 133 Å². The highest BCUT2D eigenvalue weighted by Crippen LogP contribution is 2.67. The smallest absolute Gasteiger partial charge is 0.212 e. The number of fused-ring (bicyclic) bond motifs is 4. The molecule has 0 spiro atoms. The first-order valence-corrected chi connectivity index (χ1v) is 15.2. The molecule has 0 aromatic carbocycles. The molecule has 186 valence electrons. The highest BCUT2D eigenvalue weighted by molar-refractivity contribution is 7.89. The fourth-order valence-corrected chi connectivity index (χ4v) is 11.8. The molecule has 0 aromatic rings. The van der Waals surface area contributed by atoms with Crippen molar-refractivity contribution in [1.29, 1.82) is 0 Å². The zero-order valence-corrected chi connectivity index (χ0v) is 21.4. The second-order valence-electron chi connectivity index (χ2n) is 12.0. The molecule has 0 amide bonds. The Balaban J connectivity index is 1.32. The van der Waals surface area contributed by atoms with Crippen LogP contribution in [0.3, 0.4) is 0 Å². The summed E-state index contributed by atoms with van der Waals surface area (Å²) in [5.41, 5.74) is -1.77. The van der Waals surface area contributed by atoms with E-state index in [9.17, 15) is 27.0 Å². The maximum atomic E-state index is 12.8. The van der Waals surface area contributed by atoms with Crippen LogP contribution in [0, 0.1) is 33.5 Å². The van der Waals surface area contributed by atoms with Crippen molar-refractivity contribution in [2.24, 2.45) is 33.5 Å². The van der Waals surface area contributed by atoms with Gasteiger partial charge in [0, 0.05) is 23.9 Å². The van der Waals surface area contributed by atoms with Crippen molar-refractivity contribution in [2.45, 2.75) is 78.4 Å². The molecule has 0 aromatic heterocycles. The van der Waals surface area contributed by atoms with Crippen molar-refractivity contribution in [3.05, 3.63) is 0 Å². The van der Waals surface area contributed by atoms with Gasteiger partial charge in [0.1, 0.15) is 0 Å². The largest absolute Gasteiger partial charge is 0.392 e. The lowest BCUT2D eigenvalue weighted by Gasteiger charge is -2.40. The number of aliphatic hydroxyl groups is 2. The first-order chi connectivity index (χ1) is 14.6. The summed E-state index contributed by atoms with van der Waals surface area (Å²) in [5.74, 6) is 0.401. The molecule has 0 unspecified atom stereocenters. The van der Waals surface area contributed by atoms with Crippen molar-refractivity contribution in [3.8, 4) is 0 Å². The van der Waals surface area contributed by atoms with Crippen molar-refractivity contribution in [2.75, 3.05) is 24.6 Å². The Labute approximate surface area is 193 Å². The predicted molar refractivity (Wildman–Crippen MR) is 123 cm³/mol. The Morgan fingerprint density at radius 2 is 1.06 bits per heavy atom. The normalized spacial score (nSPS) is 42.1. The predicted octanol–water partition coefficient (Wildman–Crippen LogP) is 1.20. The van der Waals surface area contributed by atoms with E-state index in [1.54, 1.807) is 0 Å². The summed E-state index contributed by atoms with van der Waals surface area (Å²) in [5, 5.41) is 21.2. The van der Waals surface area contributed by atoms with Crippen LogP contribution in [0.1, 0.15) is 66.2 Å². The van der Waals surface area contributed by atoms with Gasteiger partial charge in [-0.2, -0.15) is 0 Å². The van der Waals surface area contributed by atoms with E-state index in [1.165, 1.54) is 0 Å². The summed E-state index contributed by atoms with van der Waals surface area (Å²) in [4.78, 5) is 0. The zero-order valence-electron chi connectivity index (χ0n) is 19.7. The number of sulfonamides is 2. The molecule has 4 aliphatic carbocycles. The Morgan fingerprint density at radius 1 is 0.719 bits per heavy atom. The Kier molecular flexibility index (Phi) is 5.92. The van der Waals surface area contributed by atoms with Crippen LogP contribution < -0.4 is 9.44 Å². The van der Waals surface area contributed by atoms with Crippen LogP contribution >= 0.6 is 0 Å². The maximum absolute atomic E-state index is 12.8. The standard InChI is InChI=1S/C22H40N2O6S2/c1-19(2)15-5-7-21(19,17(25)11-15)13-31(27,28)23-9-10-24-32(29,30)14-22-8-6-16(12-18(22)26)20(22,3)4/h15-18,23-26H,5-14H2,1-4H3/t15-,16-,17-,18-,21-,22-/m1/s1. The summed E-state index contributed by atoms with van der Waals surface area (Å²) < 4.78 is 56.3. The van der Waals surface area contributed by atoms with Crippen LogP contribution in [0.5, 0.6) is 0 Å². The van der Waals surface area contributed by atoms with Gasteiger partial charge in [-0.05, 0) is 61.2 Å². The van der Waals surface area contributed by atoms with Gasteiger partial charge in [-0.1, -0.05) is 27.7 Å². The summed E-state index contributed by atoms with van der Waals surface area (Å²) in [7, 11) is -7.35. The van der Waals surface area contributed by atoms with Gasteiger partial charge in [-0.25, -0.2) is 26.3 Å². The lowest BCUT2D eigenvalue weighted by molar-refractivity contribution is 0.0150. The number of nitrogens with one attached hydrogen (secondary N) is 2. The van der Waals surface area contributed by atoms with Crippen LogP contribution in [-0.4, -0.2) is 63.9 Å². The van der Waals surface area contributed by atoms with Crippen molar-refractivity contribution in [3.63, 3.8) is 0 Å². The molecule has 4 fully saturated rings. The molecule has 4 aliphatic rings. The average Bonchev–Trinajstić information content (AvgIpc) is 3.17. The maximum Gasteiger partial charge on any atom is 0.212 e. The molecule has 32 heavy (non-hydrogen) atoms. The third-order valence-corrected chi connectivity index (χ3v) is 13.5. The third-order valence-electron chi connectivity index (χ3n) is 10.4. The van der Waals surface area contributed by atoms with E-state index in [0.29, 0.717) is 37.5 Å². The van der Waals surface area contributed by atoms with Gasteiger partial charge in [0.25, 0.3) is 0 Å². The molecule has 10 heteroatoms. The first-order valence-electron chi connectivity index (χ1n) is 11.9. The lowest BCUT2D eigenvalue weighted by atomic mass is 9.70. The molecule has 4 bridgehead atoms. The van der Waals surface area contributed by atoms with E-state index in [1.807, 2.05) is 0 Å². The Bertz CT molecular complexity index is 885. The Morgan fingerprint density at radius 3 is 1.31 bits per heavy atom. The molecule has 0 heterocycles. The minimum Gasteiger partial charge on any atom is -0.392 e. The number of hydrogen-bond acceptors (Lipinski definition) is 6. The summed E-state index contributed by atoms with van der Waals surface area (Å²) in [6.45, 7) is 8.12. The summed E-state index contributed by atoms with van der Waals surface area (Å²) in [6, 6.07) is 0. The van der Waals surface area contributed by atoms with Crippen molar-refractivity contribution < 1.29 is 27.0 Å². The molecule has 0 saturated heterocycles. The van der Waals surface area contributed by atoms with Gasteiger partial charge >= 0.3 is 0 Å². The fraction of sp³-hybridized carbons (Fsp3) is 1.00. The molecule has 4 rings (SSSR count). The lowest BCUT2D eigenvalue weighted by Crippen LogP contribution is -2.49. The minimum absolute atomic E-state index is 0.0425. The van der Waals surface area contributed by atoms with E-state index in [0.717, 1.165) is 12.8 Å². The van der Waals surface area contributed by atoms with Crippen molar-refractivity contribution >= 4 is 20.0 Å². The van der Waals surface area contributed by atoms with E-state index in [2.05, 4.69) is 37.1 Å². The molecular formula is C22H40N2O6S2. The van der Waals surface area contributed by atoms with Gasteiger partial charge in [-0.15, -0.1) is 0 Å². The van der Waals surface area contributed by atoms with E-state index in [-0.39, 0.29) is 35.4 Å². The van der Waals surface area contributed by atoms with Gasteiger partial charge < -0.3 is 10.2 Å². The Hall–Kier alpha value is -0.260. The van der Waals surface area contributed by atoms with Crippen LogP contribution in [-0.2, 0) is 20.0 Å². The van der Waals surface area contributed by atoms with Gasteiger partial charge in [-0.3, -0.25) is 0 Å². The molecule has 0 radical (unpaired) electrons. The van der Waals surface area contributed by atoms with Crippen LogP contribution in [0.4, 0.5) is 0 Å². The van der Waals surface area contributed by atoms with Crippen LogP contribution in [0.2, 0.25) is 0 Å². The second-order valence-corrected chi connectivity index (χ2v) is 15.7. The van der Waals surface area contributed by atoms with Gasteiger partial charge in [0.15, 0.2) is 0 Å². The van der Waals surface area contributed by atoms with Crippen LogP contribution in [0.15, 0.2) is 0 Å². The van der Waals surface area contributed by atoms with Crippen LogP contribution in [0.25, 0.3) is 0 Å².